The largest absolute Gasteiger partial charge is 0.490 e. The van der Waals surface area contributed by atoms with Crippen molar-refractivity contribution in [1.82, 2.24) is 28.7 Å². The van der Waals surface area contributed by atoms with Gasteiger partial charge in [0.1, 0.15) is 11.9 Å². The molecule has 0 unspecified atom stereocenters. The van der Waals surface area contributed by atoms with Crippen LogP contribution < -0.4 is 20.7 Å². The minimum absolute atomic E-state index is 0.304. The van der Waals surface area contributed by atoms with E-state index >= 15 is 0 Å². The van der Waals surface area contributed by atoms with Gasteiger partial charge in [-0.2, -0.15) is 0 Å². The van der Waals surface area contributed by atoms with Gasteiger partial charge >= 0.3 is 5.69 Å². The second kappa shape index (κ2) is 11.4. The van der Waals surface area contributed by atoms with Crippen LogP contribution in [0.4, 0.5) is 0 Å². The number of nitrogens with one attached hydrogen (secondary N) is 2. The predicted octanol–water partition coefficient (Wildman–Crippen LogP) is 3.22. The minimum Gasteiger partial charge on any atom is -0.490 e. The highest BCUT2D eigenvalue weighted by Gasteiger charge is 2.18. The molecule has 0 aliphatic carbocycles. The van der Waals surface area contributed by atoms with Gasteiger partial charge in [0.25, 0.3) is 5.56 Å². The lowest BCUT2D eigenvalue weighted by atomic mass is 10.1. The Bertz CT molecular complexity index is 1450. The molecule has 37 heavy (non-hydrogen) atoms. The molecule has 0 bridgehead atoms. The summed E-state index contributed by atoms with van der Waals surface area (Å²) in [5, 5.41) is 0. The van der Waals surface area contributed by atoms with Crippen LogP contribution in [0.15, 0.2) is 69.3 Å². The summed E-state index contributed by atoms with van der Waals surface area (Å²) < 4.78 is 12.8. The zero-order valence-corrected chi connectivity index (χ0v) is 22.0. The van der Waals surface area contributed by atoms with Crippen LogP contribution in [0.2, 0.25) is 0 Å². The van der Waals surface area contributed by atoms with Crippen molar-refractivity contribution in [2.24, 2.45) is 0 Å². The van der Waals surface area contributed by atoms with Crippen molar-refractivity contribution in [1.29, 1.82) is 0 Å². The van der Waals surface area contributed by atoms with Crippen molar-refractivity contribution in [3.63, 3.8) is 0 Å². The first-order valence-corrected chi connectivity index (χ1v) is 13.4. The van der Waals surface area contributed by atoms with Gasteiger partial charge < -0.3 is 14.2 Å². The number of H-pyrrole nitrogens is 1. The Morgan fingerprint density at radius 3 is 2.46 bits per heavy atom. The third-order valence-corrected chi connectivity index (χ3v) is 7.51. The Hall–Kier alpha value is -3.34. The van der Waals surface area contributed by atoms with E-state index in [-0.39, 0.29) is 0 Å². The van der Waals surface area contributed by atoms with Crippen LogP contribution in [-0.2, 0) is 19.6 Å². The molecule has 2 aromatic heterocycles. The smallest absolute Gasteiger partial charge is 0.330 e. The number of rotatable bonds is 9. The standard InChI is InChI=1S/C27H32N6O3S/c1-3-32-18-28-25-24(32)26(34)30-27(35)33(25)17-20-6-4-19(5-7-20)16-29-37-23-10-8-21(9-11-23)36-22-12-14-31(2)15-13-22/h4-11,18,22,29H,3,12-17H2,1-2H3,(H,30,34,35). The van der Waals surface area contributed by atoms with Crippen molar-refractivity contribution in [2.45, 2.75) is 50.4 Å². The summed E-state index contributed by atoms with van der Waals surface area (Å²) in [4.78, 5) is 34.9. The summed E-state index contributed by atoms with van der Waals surface area (Å²) >= 11 is 1.58. The third kappa shape index (κ3) is 5.98. The first kappa shape index (κ1) is 25.3. The van der Waals surface area contributed by atoms with Gasteiger partial charge in [-0.05, 0) is 74.2 Å². The van der Waals surface area contributed by atoms with Crippen LogP contribution >= 0.6 is 11.9 Å². The Morgan fingerprint density at radius 2 is 1.76 bits per heavy atom. The van der Waals surface area contributed by atoms with Gasteiger partial charge in [-0.25, -0.2) is 9.78 Å². The number of hydrogen-bond acceptors (Lipinski definition) is 7. The van der Waals surface area contributed by atoms with Crippen LogP contribution in [0.5, 0.6) is 5.75 Å². The highest BCUT2D eigenvalue weighted by Crippen LogP contribution is 2.23. The molecular formula is C27H32N6O3S. The molecule has 0 radical (unpaired) electrons. The number of aryl methyl sites for hydroxylation is 1. The molecule has 5 rings (SSSR count). The number of aromatic nitrogens is 4. The van der Waals surface area contributed by atoms with Crippen molar-refractivity contribution >= 4 is 23.1 Å². The third-order valence-electron chi connectivity index (χ3n) is 6.72. The van der Waals surface area contributed by atoms with Gasteiger partial charge in [-0.1, -0.05) is 24.3 Å². The molecule has 2 aromatic carbocycles. The summed E-state index contributed by atoms with van der Waals surface area (Å²) in [6, 6.07) is 16.3. The molecule has 10 heteroatoms. The molecule has 2 N–H and O–H groups in total. The average molecular weight is 521 g/mol. The van der Waals surface area contributed by atoms with E-state index in [1.165, 1.54) is 4.57 Å². The Kier molecular flexibility index (Phi) is 7.78. The summed E-state index contributed by atoms with van der Waals surface area (Å²) in [6.45, 7) is 5.74. The summed E-state index contributed by atoms with van der Waals surface area (Å²) in [7, 11) is 2.15. The predicted molar refractivity (Wildman–Crippen MR) is 146 cm³/mol. The van der Waals surface area contributed by atoms with E-state index in [4.69, 9.17) is 4.74 Å². The molecule has 0 atom stereocenters. The zero-order valence-electron chi connectivity index (χ0n) is 21.1. The zero-order chi connectivity index (χ0) is 25.8. The molecule has 0 saturated carbocycles. The van der Waals surface area contributed by atoms with Gasteiger partial charge in [0.05, 0.1) is 12.9 Å². The number of likely N-dealkylation sites (tertiary alicyclic amines) is 1. The fourth-order valence-corrected chi connectivity index (χ4v) is 5.21. The second-order valence-electron chi connectivity index (χ2n) is 9.38. The SMILES string of the molecule is CCn1cnc2c1c(=O)[nH]c(=O)n2Cc1ccc(CNSc2ccc(OC3CCN(C)CC3)cc2)cc1. The number of imidazole rings is 1. The van der Waals surface area contributed by atoms with E-state index < -0.39 is 11.2 Å². The molecule has 3 heterocycles. The fourth-order valence-electron chi connectivity index (χ4n) is 4.54. The van der Waals surface area contributed by atoms with Gasteiger partial charge in [-0.3, -0.25) is 19.1 Å². The molecule has 1 aliphatic rings. The van der Waals surface area contributed by atoms with Crippen LogP contribution in [0.3, 0.4) is 0 Å². The molecule has 1 aliphatic heterocycles. The number of nitrogens with zero attached hydrogens (tertiary/aromatic N) is 4. The van der Waals surface area contributed by atoms with Crippen molar-refractivity contribution in [3.05, 3.63) is 86.8 Å². The summed E-state index contributed by atoms with van der Waals surface area (Å²) in [5.41, 5.74) is 2.05. The quantitative estimate of drug-likeness (QED) is 0.327. The normalized spacial score (nSPS) is 14.9. The highest BCUT2D eigenvalue weighted by atomic mass is 32.2. The second-order valence-corrected chi connectivity index (χ2v) is 10.3. The van der Waals surface area contributed by atoms with Crippen molar-refractivity contribution in [3.8, 4) is 5.75 Å². The number of hydrogen-bond donors (Lipinski definition) is 2. The van der Waals surface area contributed by atoms with E-state index in [0.717, 1.165) is 47.7 Å². The maximum Gasteiger partial charge on any atom is 0.330 e. The van der Waals surface area contributed by atoms with Crippen LogP contribution in [-0.4, -0.2) is 50.2 Å². The van der Waals surface area contributed by atoms with Gasteiger partial charge in [0.15, 0.2) is 11.2 Å². The number of piperidine rings is 1. The first-order valence-electron chi connectivity index (χ1n) is 12.6. The molecule has 194 valence electrons. The lowest BCUT2D eigenvalue weighted by Crippen LogP contribution is -2.35. The average Bonchev–Trinajstić information content (AvgIpc) is 3.35. The number of ether oxygens (including phenoxy) is 1. The Labute approximate surface area is 219 Å². The highest BCUT2D eigenvalue weighted by molar-refractivity contribution is 7.97. The van der Waals surface area contributed by atoms with Gasteiger partial charge in [0, 0.05) is 31.1 Å². The lowest BCUT2D eigenvalue weighted by molar-refractivity contribution is 0.114. The molecule has 1 saturated heterocycles. The maximum absolute atomic E-state index is 12.5. The number of aromatic amines is 1. The Morgan fingerprint density at radius 1 is 1.05 bits per heavy atom. The lowest BCUT2D eigenvalue weighted by Gasteiger charge is -2.29. The molecule has 1 fully saturated rings. The van der Waals surface area contributed by atoms with Crippen LogP contribution in [0.25, 0.3) is 11.2 Å². The number of benzene rings is 2. The van der Waals surface area contributed by atoms with E-state index in [1.807, 2.05) is 43.3 Å². The molecule has 4 aromatic rings. The first-order chi connectivity index (χ1) is 18.0. The van der Waals surface area contributed by atoms with E-state index in [0.29, 0.717) is 36.9 Å². The van der Waals surface area contributed by atoms with Crippen molar-refractivity contribution in [2.75, 3.05) is 20.1 Å². The fraction of sp³-hybridized carbons (Fsp3) is 0.370. The maximum atomic E-state index is 12.5. The van der Waals surface area contributed by atoms with E-state index in [9.17, 15) is 9.59 Å². The summed E-state index contributed by atoms with van der Waals surface area (Å²) in [6.07, 6.45) is 4.04. The van der Waals surface area contributed by atoms with Crippen molar-refractivity contribution < 1.29 is 4.74 Å². The summed E-state index contributed by atoms with van der Waals surface area (Å²) in [5.74, 6) is 0.926. The van der Waals surface area contributed by atoms with Crippen LogP contribution in [0, 0.1) is 0 Å². The molecule has 0 amide bonds. The Balaban J connectivity index is 1.14. The van der Waals surface area contributed by atoms with Gasteiger partial charge in [0.2, 0.25) is 0 Å². The number of fused-ring (bicyclic) bond motifs is 1. The van der Waals surface area contributed by atoms with Crippen LogP contribution in [0.1, 0.15) is 30.9 Å². The van der Waals surface area contributed by atoms with E-state index in [1.54, 1.807) is 22.8 Å². The van der Waals surface area contributed by atoms with E-state index in [2.05, 4.69) is 38.8 Å². The van der Waals surface area contributed by atoms with Gasteiger partial charge in [-0.15, -0.1) is 0 Å². The minimum atomic E-state index is -0.455. The molecule has 9 nitrogen and oxygen atoms in total. The topological polar surface area (TPSA) is 97.2 Å². The molecule has 0 spiro atoms. The molecular weight excluding hydrogens is 488 g/mol. The monoisotopic (exact) mass is 520 g/mol.